The summed E-state index contributed by atoms with van der Waals surface area (Å²) in [5.74, 6) is 2.42. The highest BCUT2D eigenvalue weighted by molar-refractivity contribution is 6.30. The highest BCUT2D eigenvalue weighted by Crippen LogP contribution is 2.33. The molecular formula is C27H27ClN6O4. The van der Waals surface area contributed by atoms with Crippen LogP contribution in [0, 0.1) is 0 Å². The maximum absolute atomic E-state index is 12.5. The van der Waals surface area contributed by atoms with Crippen LogP contribution in [-0.4, -0.2) is 60.8 Å². The maximum Gasteiger partial charge on any atom is 0.258 e. The number of methoxy groups -OCH3 is 2. The fourth-order valence-electron chi connectivity index (χ4n) is 4.41. The lowest BCUT2D eigenvalue weighted by Gasteiger charge is -2.20. The number of nitrogens with one attached hydrogen (secondary N) is 1. The first-order valence-corrected chi connectivity index (χ1v) is 12.4. The van der Waals surface area contributed by atoms with Crippen molar-refractivity contribution in [3.05, 3.63) is 59.6 Å². The van der Waals surface area contributed by atoms with Crippen molar-refractivity contribution in [1.82, 2.24) is 20.3 Å². The van der Waals surface area contributed by atoms with Crippen LogP contribution in [0.15, 0.2) is 54.6 Å². The molecule has 1 amide bonds. The first-order chi connectivity index (χ1) is 18.4. The molecule has 1 aliphatic rings. The number of hydrogen-bond acceptors (Lipinski definition) is 9. The summed E-state index contributed by atoms with van der Waals surface area (Å²) in [6.45, 7) is 1.15. The van der Waals surface area contributed by atoms with Crippen molar-refractivity contribution >= 4 is 40.3 Å². The Balaban J connectivity index is 1.32. The molecule has 0 bridgehead atoms. The first kappa shape index (κ1) is 25.3. The molecule has 0 saturated carbocycles. The number of fused-ring (bicyclic) bond motifs is 1. The maximum atomic E-state index is 12.5. The highest BCUT2D eigenvalue weighted by Gasteiger charge is 2.27. The van der Waals surface area contributed by atoms with Crippen LogP contribution in [-0.2, 0) is 4.79 Å². The molecular weight excluding hydrogens is 508 g/mol. The van der Waals surface area contributed by atoms with Gasteiger partial charge in [0.1, 0.15) is 11.3 Å². The van der Waals surface area contributed by atoms with Crippen molar-refractivity contribution in [1.29, 1.82) is 0 Å². The number of ether oxygens (including phenoxy) is 3. The zero-order valence-corrected chi connectivity index (χ0v) is 21.7. The molecule has 0 radical (unpaired) electrons. The molecule has 1 aliphatic heterocycles. The minimum atomic E-state index is -0.201. The largest absolute Gasteiger partial charge is 0.493 e. The van der Waals surface area contributed by atoms with E-state index in [-0.39, 0.29) is 24.5 Å². The van der Waals surface area contributed by atoms with Crippen molar-refractivity contribution in [2.75, 3.05) is 44.5 Å². The summed E-state index contributed by atoms with van der Waals surface area (Å²) < 4.78 is 16.4. The Morgan fingerprint density at radius 1 is 1.05 bits per heavy atom. The molecule has 10 nitrogen and oxygen atoms in total. The van der Waals surface area contributed by atoms with Crippen LogP contribution in [0.25, 0.3) is 22.3 Å². The van der Waals surface area contributed by atoms with E-state index in [1.165, 1.54) is 0 Å². The van der Waals surface area contributed by atoms with Crippen molar-refractivity contribution in [2.45, 2.75) is 12.5 Å². The number of pyridine rings is 1. The van der Waals surface area contributed by atoms with Gasteiger partial charge in [-0.1, -0.05) is 11.6 Å². The van der Waals surface area contributed by atoms with E-state index in [1.807, 2.05) is 30.3 Å². The van der Waals surface area contributed by atoms with Crippen LogP contribution in [0.1, 0.15) is 6.42 Å². The van der Waals surface area contributed by atoms with Gasteiger partial charge >= 0.3 is 0 Å². The molecule has 2 aromatic carbocycles. The number of nitrogen functional groups attached to an aromatic ring is 1. The first-order valence-electron chi connectivity index (χ1n) is 12.0. The normalized spacial score (nSPS) is 14.9. The lowest BCUT2D eigenvalue weighted by Crippen LogP contribution is -2.39. The standard InChI is InChI=1S/C27H27ClN6O4/c1-36-22-10-3-16(13-23(22)37-2)20-8-9-21-25(31-20)26(33-27(29)32-21)34-12-11-18(14-34)30-24(35)15-38-19-6-4-17(28)5-7-19/h3-10,13,18H,11-12,14-15H2,1-2H3,(H,30,35)(H2,29,32,33)/t18-/m0/s1. The van der Waals surface area contributed by atoms with Gasteiger partial charge in [-0.15, -0.1) is 0 Å². The molecule has 5 rings (SSSR count). The van der Waals surface area contributed by atoms with Gasteiger partial charge in [0.25, 0.3) is 5.91 Å². The summed E-state index contributed by atoms with van der Waals surface area (Å²) in [6.07, 6.45) is 0.744. The van der Waals surface area contributed by atoms with E-state index < -0.39 is 0 Å². The quantitative estimate of drug-likeness (QED) is 0.348. The molecule has 1 atom stereocenters. The minimum Gasteiger partial charge on any atom is -0.493 e. The summed E-state index contributed by atoms with van der Waals surface area (Å²) >= 11 is 5.89. The van der Waals surface area contributed by atoms with Crippen LogP contribution in [0.2, 0.25) is 5.02 Å². The van der Waals surface area contributed by atoms with Gasteiger partial charge in [-0.25, -0.2) is 9.97 Å². The molecule has 3 N–H and O–H groups in total. The number of nitrogens with zero attached hydrogens (tertiary/aromatic N) is 4. The van der Waals surface area contributed by atoms with Gasteiger partial charge in [-0.05, 0) is 61.0 Å². The SMILES string of the molecule is COc1ccc(-c2ccc3nc(N)nc(N4CC[C@H](NC(=O)COc5ccc(Cl)cc5)C4)c3n2)cc1OC. The third-order valence-corrected chi connectivity index (χ3v) is 6.51. The monoisotopic (exact) mass is 534 g/mol. The van der Waals surface area contributed by atoms with E-state index in [1.54, 1.807) is 38.5 Å². The van der Waals surface area contributed by atoms with Crippen LogP contribution < -0.4 is 30.2 Å². The van der Waals surface area contributed by atoms with E-state index in [9.17, 15) is 4.79 Å². The van der Waals surface area contributed by atoms with E-state index in [4.69, 9.17) is 36.5 Å². The Hall–Kier alpha value is -4.31. The van der Waals surface area contributed by atoms with E-state index >= 15 is 0 Å². The van der Waals surface area contributed by atoms with E-state index in [0.29, 0.717) is 52.2 Å². The summed E-state index contributed by atoms with van der Waals surface area (Å²) in [6, 6.07) is 16.2. The summed E-state index contributed by atoms with van der Waals surface area (Å²) in [7, 11) is 3.19. The van der Waals surface area contributed by atoms with Crippen molar-refractivity contribution < 1.29 is 19.0 Å². The molecule has 2 aromatic heterocycles. The number of nitrogens with two attached hydrogens (primary N) is 1. The average molecular weight is 535 g/mol. The van der Waals surface area contributed by atoms with Crippen LogP contribution in [0.3, 0.4) is 0 Å². The van der Waals surface area contributed by atoms with Gasteiger partial charge in [0, 0.05) is 29.7 Å². The van der Waals surface area contributed by atoms with Gasteiger partial charge < -0.3 is 30.2 Å². The third-order valence-electron chi connectivity index (χ3n) is 6.26. The summed E-state index contributed by atoms with van der Waals surface area (Å²) in [5.41, 5.74) is 8.89. The number of carbonyl (C=O) groups excluding carboxylic acids is 1. The molecule has 1 fully saturated rings. The Morgan fingerprint density at radius 3 is 2.61 bits per heavy atom. The van der Waals surface area contributed by atoms with Crippen LogP contribution in [0.4, 0.5) is 11.8 Å². The number of benzene rings is 2. The van der Waals surface area contributed by atoms with Crippen LogP contribution >= 0.6 is 11.6 Å². The van der Waals surface area contributed by atoms with Gasteiger partial charge in [-0.2, -0.15) is 4.98 Å². The summed E-state index contributed by atoms with van der Waals surface area (Å²) in [5, 5.41) is 3.64. The Labute approximate surface area is 224 Å². The molecule has 0 unspecified atom stereocenters. The highest BCUT2D eigenvalue weighted by atomic mass is 35.5. The molecule has 0 spiro atoms. The molecule has 11 heteroatoms. The molecule has 1 saturated heterocycles. The molecule has 4 aromatic rings. The van der Waals surface area contributed by atoms with Crippen molar-refractivity contribution in [2.24, 2.45) is 0 Å². The zero-order chi connectivity index (χ0) is 26.6. The number of hydrogen-bond donors (Lipinski definition) is 2. The number of anilines is 2. The predicted octanol–water partition coefficient (Wildman–Crippen LogP) is 3.72. The predicted molar refractivity (Wildman–Crippen MR) is 146 cm³/mol. The van der Waals surface area contributed by atoms with Gasteiger partial charge in [0.05, 0.1) is 25.4 Å². The third kappa shape index (κ3) is 5.50. The average Bonchev–Trinajstić information content (AvgIpc) is 3.39. The molecule has 0 aliphatic carbocycles. The van der Waals surface area contributed by atoms with Gasteiger partial charge in [-0.3, -0.25) is 4.79 Å². The number of halogens is 1. The fourth-order valence-corrected chi connectivity index (χ4v) is 4.54. The second-order valence-electron chi connectivity index (χ2n) is 8.78. The number of amides is 1. The van der Waals surface area contributed by atoms with Gasteiger partial charge in [0.2, 0.25) is 5.95 Å². The Bertz CT molecular complexity index is 1470. The topological polar surface area (TPSA) is 125 Å². The Morgan fingerprint density at radius 2 is 1.84 bits per heavy atom. The molecule has 196 valence electrons. The van der Waals surface area contributed by atoms with E-state index in [2.05, 4.69) is 20.2 Å². The number of carbonyl (C=O) groups is 1. The number of rotatable bonds is 8. The lowest BCUT2D eigenvalue weighted by atomic mass is 10.1. The number of aromatic nitrogens is 3. The summed E-state index contributed by atoms with van der Waals surface area (Å²) in [4.78, 5) is 28.3. The second-order valence-corrected chi connectivity index (χ2v) is 9.22. The fraction of sp³-hybridized carbons (Fsp3) is 0.259. The van der Waals surface area contributed by atoms with Crippen molar-refractivity contribution in [3.63, 3.8) is 0 Å². The molecule has 38 heavy (non-hydrogen) atoms. The lowest BCUT2D eigenvalue weighted by molar-refractivity contribution is -0.123. The van der Waals surface area contributed by atoms with Crippen LogP contribution in [0.5, 0.6) is 17.2 Å². The second kappa shape index (κ2) is 11.0. The van der Waals surface area contributed by atoms with E-state index in [0.717, 1.165) is 17.7 Å². The smallest absolute Gasteiger partial charge is 0.258 e. The Kier molecular flexibility index (Phi) is 7.32. The zero-order valence-electron chi connectivity index (χ0n) is 21.0. The van der Waals surface area contributed by atoms with Crippen molar-refractivity contribution in [3.8, 4) is 28.5 Å². The molecule has 3 heterocycles. The van der Waals surface area contributed by atoms with Gasteiger partial charge in [0.15, 0.2) is 23.9 Å². The minimum absolute atomic E-state index is 0.0726.